The molecule has 3 saturated heterocycles. The van der Waals surface area contributed by atoms with Crippen molar-refractivity contribution in [2.45, 2.75) is 82.1 Å². The molecule has 0 radical (unpaired) electrons. The number of anilines is 1. The molecule has 1 saturated carbocycles. The maximum absolute atomic E-state index is 14.2. The van der Waals surface area contributed by atoms with E-state index in [-0.39, 0.29) is 23.8 Å². The number of piperidine rings is 1. The Morgan fingerprint density at radius 1 is 1.02 bits per heavy atom. The highest BCUT2D eigenvalue weighted by Gasteiger charge is 2.72. The largest absolute Gasteiger partial charge is 0.359 e. The summed E-state index contributed by atoms with van der Waals surface area (Å²) in [5.41, 5.74) is -0.702. The van der Waals surface area contributed by atoms with Crippen LogP contribution in [0.3, 0.4) is 0 Å². The highest BCUT2D eigenvalue weighted by atomic mass is 35.5. The number of fused-ring (bicyclic) bond motifs is 1. The minimum atomic E-state index is -1.16. The molecule has 5 aliphatic rings. The SMILES string of the molecule is CC1CCCN(CCCN2C(=O)[C@@H]3C(C(=O)Nc4cc(Cl)cc(Cl)c4)[C@@H]4C=CC3(O4)C2C(=O)NC2CCCCC2)C1. The number of nitrogens with zero attached hydrogens (tertiary/aromatic N) is 2. The van der Waals surface area contributed by atoms with E-state index in [4.69, 9.17) is 27.9 Å². The van der Waals surface area contributed by atoms with Gasteiger partial charge in [0, 0.05) is 34.9 Å². The van der Waals surface area contributed by atoms with E-state index >= 15 is 0 Å². The Balaban J connectivity index is 1.24. The summed E-state index contributed by atoms with van der Waals surface area (Å²) < 4.78 is 6.48. The fourth-order valence-corrected chi connectivity index (χ4v) is 8.37. The molecule has 2 N–H and O–H groups in total. The Morgan fingerprint density at radius 3 is 2.51 bits per heavy atom. The number of carbonyl (C=O) groups excluding carboxylic acids is 3. The van der Waals surface area contributed by atoms with Crippen molar-refractivity contribution in [1.82, 2.24) is 15.1 Å². The van der Waals surface area contributed by atoms with Gasteiger partial charge in [-0.3, -0.25) is 14.4 Å². The fraction of sp³-hybridized carbons (Fsp3) is 0.645. The molecule has 6 rings (SSSR count). The first kappa shape index (κ1) is 29.0. The lowest BCUT2D eigenvalue weighted by Gasteiger charge is -2.35. The topological polar surface area (TPSA) is 91.0 Å². The van der Waals surface area contributed by atoms with Gasteiger partial charge in [-0.1, -0.05) is 61.5 Å². The summed E-state index contributed by atoms with van der Waals surface area (Å²) >= 11 is 12.3. The maximum Gasteiger partial charge on any atom is 0.246 e. The molecule has 41 heavy (non-hydrogen) atoms. The second-order valence-corrected chi connectivity index (χ2v) is 13.5. The lowest BCUT2D eigenvalue weighted by molar-refractivity contribution is -0.141. The molecular formula is C31H40Cl2N4O4. The van der Waals surface area contributed by atoms with E-state index in [2.05, 4.69) is 22.5 Å². The van der Waals surface area contributed by atoms with Gasteiger partial charge >= 0.3 is 0 Å². The molecule has 4 heterocycles. The molecule has 2 bridgehead atoms. The van der Waals surface area contributed by atoms with E-state index in [1.165, 1.54) is 19.3 Å². The van der Waals surface area contributed by atoms with Gasteiger partial charge in [-0.15, -0.1) is 0 Å². The van der Waals surface area contributed by atoms with Gasteiger partial charge in [0.2, 0.25) is 17.7 Å². The zero-order valence-corrected chi connectivity index (χ0v) is 25.1. The van der Waals surface area contributed by atoms with E-state index in [1.54, 1.807) is 23.1 Å². The monoisotopic (exact) mass is 602 g/mol. The smallest absolute Gasteiger partial charge is 0.246 e. The Bertz CT molecular complexity index is 1200. The molecule has 1 aliphatic carbocycles. The van der Waals surface area contributed by atoms with Crippen LogP contribution in [0.4, 0.5) is 5.69 Å². The van der Waals surface area contributed by atoms with Gasteiger partial charge in [0.25, 0.3) is 0 Å². The molecule has 8 nitrogen and oxygen atoms in total. The summed E-state index contributed by atoms with van der Waals surface area (Å²) in [4.78, 5) is 46.0. The number of nitrogens with one attached hydrogen (secondary N) is 2. The van der Waals surface area contributed by atoms with Crippen LogP contribution in [0.1, 0.15) is 58.3 Å². The second-order valence-electron chi connectivity index (χ2n) is 12.6. The molecule has 1 spiro atoms. The predicted octanol–water partition coefficient (Wildman–Crippen LogP) is 4.65. The number of rotatable bonds is 8. The average molecular weight is 604 g/mol. The van der Waals surface area contributed by atoms with Crippen LogP contribution in [-0.4, -0.2) is 77.5 Å². The first-order valence-electron chi connectivity index (χ1n) is 15.2. The van der Waals surface area contributed by atoms with E-state index in [0.29, 0.717) is 28.2 Å². The third kappa shape index (κ3) is 5.65. The molecule has 1 aromatic carbocycles. The summed E-state index contributed by atoms with van der Waals surface area (Å²) in [6, 6.07) is 4.13. The van der Waals surface area contributed by atoms with Crippen LogP contribution in [0.2, 0.25) is 10.0 Å². The normalized spacial score (nSPS) is 33.3. The minimum absolute atomic E-state index is 0.104. The fourth-order valence-electron chi connectivity index (χ4n) is 7.84. The molecule has 4 aliphatic heterocycles. The second kappa shape index (κ2) is 11.9. The Morgan fingerprint density at radius 2 is 1.78 bits per heavy atom. The summed E-state index contributed by atoms with van der Waals surface area (Å²) in [6.07, 6.45) is 11.6. The third-order valence-corrected chi connectivity index (χ3v) is 10.1. The summed E-state index contributed by atoms with van der Waals surface area (Å²) in [7, 11) is 0. The van der Waals surface area contributed by atoms with Gasteiger partial charge in [-0.25, -0.2) is 0 Å². The van der Waals surface area contributed by atoms with Crippen LogP contribution in [0, 0.1) is 17.8 Å². The van der Waals surface area contributed by atoms with Crippen molar-refractivity contribution < 1.29 is 19.1 Å². The molecule has 4 fully saturated rings. The zero-order chi connectivity index (χ0) is 28.7. The van der Waals surface area contributed by atoms with Crippen LogP contribution in [0.15, 0.2) is 30.4 Å². The molecule has 222 valence electrons. The Labute approximate surface area is 252 Å². The number of amides is 3. The highest BCUT2D eigenvalue weighted by Crippen LogP contribution is 2.55. The third-order valence-electron chi connectivity index (χ3n) is 9.62. The Kier molecular flexibility index (Phi) is 8.38. The number of ether oxygens (including phenoxy) is 1. The van der Waals surface area contributed by atoms with E-state index < -0.39 is 29.6 Å². The maximum atomic E-state index is 14.2. The molecule has 6 atom stereocenters. The van der Waals surface area contributed by atoms with Crippen LogP contribution in [0.5, 0.6) is 0 Å². The number of benzene rings is 1. The predicted molar refractivity (Wildman–Crippen MR) is 159 cm³/mol. The minimum Gasteiger partial charge on any atom is -0.359 e. The van der Waals surface area contributed by atoms with Crippen molar-refractivity contribution in [1.29, 1.82) is 0 Å². The zero-order valence-electron chi connectivity index (χ0n) is 23.6. The summed E-state index contributed by atoms with van der Waals surface area (Å²) in [6.45, 7) is 5.74. The van der Waals surface area contributed by atoms with E-state index in [9.17, 15) is 14.4 Å². The van der Waals surface area contributed by atoms with Crippen LogP contribution >= 0.6 is 23.2 Å². The number of hydrogen-bond donors (Lipinski definition) is 2. The van der Waals surface area contributed by atoms with Crippen LogP contribution in [-0.2, 0) is 19.1 Å². The van der Waals surface area contributed by atoms with Gasteiger partial charge in [0.1, 0.15) is 11.6 Å². The first-order chi connectivity index (χ1) is 19.7. The van der Waals surface area contributed by atoms with Gasteiger partial charge in [0.15, 0.2) is 0 Å². The van der Waals surface area contributed by atoms with Crippen molar-refractivity contribution in [2.24, 2.45) is 17.8 Å². The summed E-state index contributed by atoms with van der Waals surface area (Å²) in [5, 5.41) is 6.96. The quantitative estimate of drug-likeness (QED) is 0.423. The van der Waals surface area contributed by atoms with Crippen molar-refractivity contribution in [3.05, 3.63) is 40.4 Å². The highest BCUT2D eigenvalue weighted by molar-refractivity contribution is 6.35. The molecule has 4 unspecified atom stereocenters. The van der Waals surface area contributed by atoms with Gasteiger partial charge < -0.3 is 25.2 Å². The number of halogens is 2. The van der Waals surface area contributed by atoms with Crippen LogP contribution < -0.4 is 10.6 Å². The van der Waals surface area contributed by atoms with E-state index in [0.717, 1.165) is 51.7 Å². The molecular weight excluding hydrogens is 563 g/mol. The van der Waals surface area contributed by atoms with Crippen molar-refractivity contribution >= 4 is 46.6 Å². The van der Waals surface area contributed by atoms with Gasteiger partial charge in [0.05, 0.1) is 17.9 Å². The lowest BCUT2D eigenvalue weighted by Crippen LogP contribution is -2.56. The number of likely N-dealkylation sites (tertiary alicyclic amines) is 2. The van der Waals surface area contributed by atoms with Crippen molar-refractivity contribution in [3.63, 3.8) is 0 Å². The van der Waals surface area contributed by atoms with Crippen molar-refractivity contribution in [3.8, 4) is 0 Å². The van der Waals surface area contributed by atoms with Crippen molar-refractivity contribution in [2.75, 3.05) is 31.5 Å². The first-order valence-corrected chi connectivity index (χ1v) is 16.0. The number of carbonyl (C=O) groups is 3. The van der Waals surface area contributed by atoms with E-state index in [1.807, 2.05) is 12.2 Å². The molecule has 0 aromatic heterocycles. The molecule has 3 amide bonds. The lowest BCUT2D eigenvalue weighted by atomic mass is 9.74. The molecule has 1 aromatic rings. The number of hydrogen-bond acceptors (Lipinski definition) is 5. The van der Waals surface area contributed by atoms with Gasteiger partial charge in [-0.2, -0.15) is 0 Å². The average Bonchev–Trinajstić information content (AvgIpc) is 3.56. The summed E-state index contributed by atoms with van der Waals surface area (Å²) in [5.74, 6) is -1.56. The standard InChI is InChI=1S/C31H40Cl2N4O4/c1-19-7-5-12-36(18-19)13-6-14-37-27(29(39)34-22-8-3-2-4-9-22)31-11-10-24(41-31)25(26(31)30(37)40)28(38)35-23-16-20(32)15-21(33)17-23/h10-11,15-17,19,22,24-27H,2-9,12-14,18H2,1H3,(H,34,39)(H,35,38)/t19?,24-,25?,26-,27?,31?/m0/s1. The molecule has 10 heteroatoms. The Hall–Kier alpha value is -2.13. The van der Waals surface area contributed by atoms with Crippen LogP contribution in [0.25, 0.3) is 0 Å². The van der Waals surface area contributed by atoms with Gasteiger partial charge in [-0.05, 0) is 69.3 Å².